The van der Waals surface area contributed by atoms with E-state index in [1.165, 1.54) is 6.42 Å². The maximum Gasteiger partial charge on any atom is 0.239 e. The van der Waals surface area contributed by atoms with Crippen LogP contribution in [0.15, 0.2) is 18.5 Å². The molecule has 1 saturated heterocycles. The van der Waals surface area contributed by atoms with Crippen molar-refractivity contribution in [2.75, 3.05) is 19.6 Å². The molecule has 1 fully saturated rings. The summed E-state index contributed by atoms with van der Waals surface area (Å²) < 4.78 is 1.87. The average Bonchev–Trinajstić information content (AvgIpc) is 2.92. The molecule has 1 aromatic rings. The topological polar surface area (TPSA) is 50.2 Å². The quantitative estimate of drug-likeness (QED) is 0.844. The van der Waals surface area contributed by atoms with Crippen LogP contribution in [0.1, 0.15) is 26.2 Å². The Morgan fingerprint density at radius 3 is 2.83 bits per heavy atom. The van der Waals surface area contributed by atoms with E-state index < -0.39 is 0 Å². The van der Waals surface area contributed by atoms with E-state index in [0.29, 0.717) is 0 Å². The highest BCUT2D eigenvalue weighted by molar-refractivity contribution is 5.81. The summed E-state index contributed by atoms with van der Waals surface area (Å²) in [4.78, 5) is 14.1. The number of piperidine rings is 1. The molecule has 0 aliphatic carbocycles. The third-order valence-corrected chi connectivity index (χ3v) is 3.39. The number of hydrogen-bond acceptors (Lipinski definition) is 3. The molecule has 5 heteroatoms. The molecule has 0 spiro atoms. The third-order valence-electron chi connectivity index (χ3n) is 3.39. The van der Waals surface area contributed by atoms with Gasteiger partial charge in [0, 0.05) is 32.0 Å². The first-order valence-corrected chi connectivity index (χ1v) is 6.77. The predicted molar refractivity (Wildman–Crippen MR) is 70.1 cm³/mol. The first-order chi connectivity index (χ1) is 8.77. The van der Waals surface area contributed by atoms with Crippen molar-refractivity contribution in [3.05, 3.63) is 18.5 Å². The van der Waals surface area contributed by atoms with E-state index in [9.17, 15) is 4.79 Å². The van der Waals surface area contributed by atoms with Gasteiger partial charge in [0.05, 0.1) is 12.6 Å². The van der Waals surface area contributed by atoms with Gasteiger partial charge in [0.1, 0.15) is 0 Å². The van der Waals surface area contributed by atoms with Crippen LogP contribution in [0.5, 0.6) is 0 Å². The number of aromatic nitrogens is 2. The van der Waals surface area contributed by atoms with Crippen LogP contribution in [0, 0.1) is 0 Å². The predicted octanol–water partition coefficient (Wildman–Crippen LogP) is 0.874. The van der Waals surface area contributed by atoms with Gasteiger partial charge in [-0.25, -0.2) is 0 Å². The minimum Gasteiger partial charge on any atom is -0.341 e. The summed E-state index contributed by atoms with van der Waals surface area (Å²) in [6.07, 6.45) is 7.24. The molecule has 0 bridgehead atoms. The molecule has 0 unspecified atom stereocenters. The van der Waals surface area contributed by atoms with E-state index >= 15 is 0 Å². The highest BCUT2D eigenvalue weighted by atomic mass is 16.2. The number of rotatable bonds is 5. The van der Waals surface area contributed by atoms with Gasteiger partial charge in [0.25, 0.3) is 0 Å². The summed E-state index contributed by atoms with van der Waals surface area (Å²) in [6, 6.07) is 1.81. The summed E-state index contributed by atoms with van der Waals surface area (Å²) in [7, 11) is 0. The van der Waals surface area contributed by atoms with Crippen LogP contribution in [0.2, 0.25) is 0 Å². The summed E-state index contributed by atoms with van der Waals surface area (Å²) in [5.74, 6) is 0.232. The Balaban J connectivity index is 1.70. The largest absolute Gasteiger partial charge is 0.341 e. The highest BCUT2D eigenvalue weighted by Crippen LogP contribution is 2.09. The van der Waals surface area contributed by atoms with Gasteiger partial charge in [-0.05, 0) is 32.3 Å². The van der Waals surface area contributed by atoms with Crippen molar-refractivity contribution < 1.29 is 4.79 Å². The van der Waals surface area contributed by atoms with Crippen molar-refractivity contribution >= 4 is 5.91 Å². The number of amides is 1. The first kappa shape index (κ1) is 13.1. The number of carbonyl (C=O) groups is 1. The van der Waals surface area contributed by atoms with Crippen LogP contribution in [-0.4, -0.2) is 46.3 Å². The Kier molecular flexibility index (Phi) is 4.75. The molecule has 100 valence electrons. The fraction of sp³-hybridized carbons (Fsp3) is 0.692. The molecule has 2 rings (SSSR count). The van der Waals surface area contributed by atoms with E-state index in [0.717, 1.165) is 39.0 Å². The van der Waals surface area contributed by atoms with Gasteiger partial charge in [-0.3, -0.25) is 9.48 Å². The molecule has 1 aliphatic rings. The minimum absolute atomic E-state index is 0.0985. The van der Waals surface area contributed by atoms with E-state index in [4.69, 9.17) is 0 Å². The Morgan fingerprint density at radius 1 is 1.39 bits per heavy atom. The van der Waals surface area contributed by atoms with Crippen molar-refractivity contribution in [3.63, 3.8) is 0 Å². The van der Waals surface area contributed by atoms with Gasteiger partial charge in [-0.15, -0.1) is 0 Å². The number of carbonyl (C=O) groups excluding carboxylic acids is 1. The lowest BCUT2D eigenvalue weighted by Gasteiger charge is -2.29. The average molecular weight is 250 g/mol. The number of likely N-dealkylation sites (tertiary alicyclic amines) is 1. The third kappa shape index (κ3) is 3.57. The molecule has 5 nitrogen and oxygen atoms in total. The molecule has 1 N–H and O–H groups in total. The zero-order valence-corrected chi connectivity index (χ0v) is 11.0. The van der Waals surface area contributed by atoms with E-state index in [1.54, 1.807) is 6.20 Å². The van der Waals surface area contributed by atoms with Gasteiger partial charge in [-0.2, -0.15) is 5.10 Å². The van der Waals surface area contributed by atoms with Crippen molar-refractivity contribution in [3.8, 4) is 0 Å². The van der Waals surface area contributed by atoms with Crippen LogP contribution in [-0.2, 0) is 11.3 Å². The van der Waals surface area contributed by atoms with Crippen molar-refractivity contribution in [1.29, 1.82) is 0 Å². The number of nitrogens with zero attached hydrogens (tertiary/aromatic N) is 3. The molecule has 0 saturated carbocycles. The number of nitrogens with one attached hydrogen (secondary N) is 1. The van der Waals surface area contributed by atoms with Crippen LogP contribution in [0.4, 0.5) is 0 Å². The second kappa shape index (κ2) is 6.54. The molecule has 1 amide bonds. The summed E-state index contributed by atoms with van der Waals surface area (Å²) in [6.45, 7) is 5.35. The smallest absolute Gasteiger partial charge is 0.239 e. The molecule has 1 aromatic heterocycles. The van der Waals surface area contributed by atoms with Gasteiger partial charge in [0.15, 0.2) is 0 Å². The maximum absolute atomic E-state index is 12.1. The Hall–Kier alpha value is -1.36. The summed E-state index contributed by atoms with van der Waals surface area (Å²) in [5.41, 5.74) is 0. The lowest BCUT2D eigenvalue weighted by molar-refractivity contribution is -0.133. The van der Waals surface area contributed by atoms with Crippen molar-refractivity contribution in [2.45, 2.75) is 38.8 Å². The summed E-state index contributed by atoms with van der Waals surface area (Å²) in [5, 5.41) is 7.40. The van der Waals surface area contributed by atoms with Gasteiger partial charge < -0.3 is 10.2 Å². The second-order valence-corrected chi connectivity index (χ2v) is 4.83. The molecular weight excluding hydrogens is 228 g/mol. The maximum atomic E-state index is 12.1. The molecule has 2 heterocycles. The Labute approximate surface area is 108 Å². The lowest BCUT2D eigenvalue weighted by Crippen LogP contribution is -2.47. The van der Waals surface area contributed by atoms with Gasteiger partial charge in [0.2, 0.25) is 5.91 Å². The Bertz CT molecular complexity index is 357. The van der Waals surface area contributed by atoms with E-state index in [2.05, 4.69) is 10.4 Å². The van der Waals surface area contributed by atoms with Crippen LogP contribution >= 0.6 is 0 Å². The number of hydrogen-bond donors (Lipinski definition) is 1. The van der Waals surface area contributed by atoms with E-state index in [-0.39, 0.29) is 11.9 Å². The molecule has 0 aromatic carbocycles. The van der Waals surface area contributed by atoms with Crippen LogP contribution in [0.25, 0.3) is 0 Å². The molecule has 1 atom stereocenters. The fourth-order valence-electron chi connectivity index (χ4n) is 2.30. The molecule has 18 heavy (non-hydrogen) atoms. The summed E-state index contributed by atoms with van der Waals surface area (Å²) >= 11 is 0. The monoisotopic (exact) mass is 250 g/mol. The minimum atomic E-state index is -0.0985. The molecular formula is C13H22N4O. The van der Waals surface area contributed by atoms with Gasteiger partial charge >= 0.3 is 0 Å². The van der Waals surface area contributed by atoms with Crippen molar-refractivity contribution in [2.24, 2.45) is 0 Å². The van der Waals surface area contributed by atoms with Crippen LogP contribution < -0.4 is 5.32 Å². The molecule has 0 radical (unpaired) electrons. The lowest BCUT2D eigenvalue weighted by atomic mass is 10.1. The zero-order valence-electron chi connectivity index (χ0n) is 11.0. The van der Waals surface area contributed by atoms with Crippen LogP contribution in [0.3, 0.4) is 0 Å². The second-order valence-electron chi connectivity index (χ2n) is 4.83. The molecule has 1 aliphatic heterocycles. The standard InChI is InChI=1S/C13H22N4O/c1-12(13(18)16-8-3-2-4-9-16)14-7-11-17-10-5-6-15-17/h5-6,10,12,14H,2-4,7-9,11H2,1H3/t12-/m0/s1. The first-order valence-electron chi connectivity index (χ1n) is 6.77. The fourth-order valence-corrected chi connectivity index (χ4v) is 2.30. The Morgan fingerprint density at radius 2 is 2.17 bits per heavy atom. The SMILES string of the molecule is C[C@H](NCCn1cccn1)C(=O)N1CCCCC1. The van der Waals surface area contributed by atoms with Gasteiger partial charge in [-0.1, -0.05) is 0 Å². The highest BCUT2D eigenvalue weighted by Gasteiger charge is 2.21. The van der Waals surface area contributed by atoms with E-state index in [1.807, 2.05) is 28.8 Å². The normalized spacial score (nSPS) is 17.7. The van der Waals surface area contributed by atoms with Crippen molar-refractivity contribution in [1.82, 2.24) is 20.0 Å². The zero-order chi connectivity index (χ0) is 12.8.